The molecule has 1 N–H and O–H groups in total. The third kappa shape index (κ3) is 0.626. The molecule has 0 unspecified atom stereocenters. The first-order valence-electron chi connectivity index (χ1n) is 2.05. The summed E-state index contributed by atoms with van der Waals surface area (Å²) in [5.41, 5.74) is 0. The van der Waals surface area contributed by atoms with Crippen LogP contribution in [0.15, 0.2) is 10.2 Å². The molecular formula is C4H5NO2S. The summed E-state index contributed by atoms with van der Waals surface area (Å²) in [5.74, 6) is 0.0278. The molecule has 1 heterocycles. The molecule has 3 nitrogen and oxygen atoms in total. The molecule has 4 heteroatoms. The second-order valence-corrected chi connectivity index (χ2v) is 2.24. The van der Waals surface area contributed by atoms with Crippen molar-refractivity contribution in [2.45, 2.75) is 0 Å². The van der Waals surface area contributed by atoms with Crippen LogP contribution in [0.4, 0.5) is 0 Å². The molecule has 0 fully saturated rings. The van der Waals surface area contributed by atoms with Gasteiger partial charge < -0.3 is 5.11 Å². The zero-order valence-corrected chi connectivity index (χ0v) is 5.10. The highest BCUT2D eigenvalue weighted by atomic mass is 32.1. The highest BCUT2D eigenvalue weighted by Crippen LogP contribution is 2.04. The third-order valence-corrected chi connectivity index (χ3v) is 1.69. The van der Waals surface area contributed by atoms with Gasteiger partial charge in [-0.1, -0.05) is 11.3 Å². The van der Waals surface area contributed by atoms with E-state index < -0.39 is 0 Å². The highest BCUT2D eigenvalue weighted by Gasteiger charge is 1.95. The first kappa shape index (κ1) is 5.37. The summed E-state index contributed by atoms with van der Waals surface area (Å²) >= 11 is 0.988. The molecule has 1 aromatic heterocycles. The molecule has 0 radical (unpaired) electrons. The van der Waals surface area contributed by atoms with Gasteiger partial charge in [-0.3, -0.25) is 9.36 Å². The van der Waals surface area contributed by atoms with Gasteiger partial charge in [-0.2, -0.15) is 0 Å². The molecule has 0 aromatic carbocycles. The minimum atomic E-state index is -0.137. The van der Waals surface area contributed by atoms with Gasteiger partial charge in [0.15, 0.2) is 0 Å². The highest BCUT2D eigenvalue weighted by molar-refractivity contribution is 7.07. The van der Waals surface area contributed by atoms with E-state index in [1.54, 1.807) is 0 Å². The molecular weight excluding hydrogens is 126 g/mol. The third-order valence-electron chi connectivity index (χ3n) is 0.883. The largest absolute Gasteiger partial charge is 0.494 e. The number of hydrogen-bond acceptors (Lipinski definition) is 3. The summed E-state index contributed by atoms with van der Waals surface area (Å²) in [7, 11) is 1.52. The zero-order valence-electron chi connectivity index (χ0n) is 4.29. The van der Waals surface area contributed by atoms with Gasteiger partial charge in [0.1, 0.15) is 0 Å². The van der Waals surface area contributed by atoms with Crippen molar-refractivity contribution in [2.24, 2.45) is 7.05 Å². The van der Waals surface area contributed by atoms with E-state index in [2.05, 4.69) is 0 Å². The Balaban J connectivity index is 3.41. The van der Waals surface area contributed by atoms with Gasteiger partial charge in [0.25, 0.3) is 0 Å². The van der Waals surface area contributed by atoms with Crippen LogP contribution in [0.1, 0.15) is 0 Å². The average Bonchev–Trinajstić information content (AvgIpc) is 1.98. The molecule has 0 aliphatic heterocycles. The van der Waals surface area contributed by atoms with Crippen LogP contribution in [0.5, 0.6) is 5.88 Å². The van der Waals surface area contributed by atoms with Crippen molar-refractivity contribution in [1.29, 1.82) is 0 Å². The van der Waals surface area contributed by atoms with E-state index in [9.17, 15) is 4.79 Å². The predicted octanol–water partition coefficient (Wildman–Crippen LogP) is 0.152. The standard InChI is InChI=1S/C4H5NO2S/c1-5-3(6)2-8-4(5)7/h2,6H,1H3. The lowest BCUT2D eigenvalue weighted by atomic mass is 10.8. The first-order valence-corrected chi connectivity index (χ1v) is 2.93. The molecule has 0 aliphatic rings. The summed E-state index contributed by atoms with van der Waals surface area (Å²) in [6.45, 7) is 0. The Hall–Kier alpha value is -0.770. The van der Waals surface area contributed by atoms with Crippen molar-refractivity contribution in [1.82, 2.24) is 4.57 Å². The van der Waals surface area contributed by atoms with E-state index in [0.717, 1.165) is 11.3 Å². The quantitative estimate of drug-likeness (QED) is 0.544. The molecule has 0 atom stereocenters. The van der Waals surface area contributed by atoms with Crippen molar-refractivity contribution >= 4 is 11.3 Å². The van der Waals surface area contributed by atoms with Crippen LogP contribution in [0.2, 0.25) is 0 Å². The van der Waals surface area contributed by atoms with Crippen molar-refractivity contribution in [3.05, 3.63) is 15.0 Å². The van der Waals surface area contributed by atoms with Crippen LogP contribution in [0.3, 0.4) is 0 Å². The molecule has 0 saturated carbocycles. The number of nitrogens with zero attached hydrogens (tertiary/aromatic N) is 1. The van der Waals surface area contributed by atoms with Crippen LogP contribution in [0, 0.1) is 0 Å². The molecule has 1 aromatic rings. The fourth-order valence-corrected chi connectivity index (χ4v) is 0.971. The summed E-state index contributed by atoms with van der Waals surface area (Å²) in [4.78, 5) is 10.3. The minimum Gasteiger partial charge on any atom is -0.494 e. The molecule has 0 aliphatic carbocycles. The average molecular weight is 131 g/mol. The van der Waals surface area contributed by atoms with Crippen LogP contribution in [-0.2, 0) is 7.05 Å². The van der Waals surface area contributed by atoms with Crippen LogP contribution < -0.4 is 4.87 Å². The normalized spacial score (nSPS) is 9.62. The van der Waals surface area contributed by atoms with Crippen LogP contribution in [0.25, 0.3) is 0 Å². The number of aromatic nitrogens is 1. The fourth-order valence-electron chi connectivity index (χ4n) is 0.355. The monoisotopic (exact) mass is 131 g/mol. The maximum atomic E-state index is 10.5. The van der Waals surface area contributed by atoms with Gasteiger partial charge in [0, 0.05) is 7.05 Å². The van der Waals surface area contributed by atoms with E-state index in [1.807, 2.05) is 0 Å². The molecule has 8 heavy (non-hydrogen) atoms. The second kappa shape index (κ2) is 1.63. The zero-order chi connectivity index (χ0) is 6.15. The molecule has 0 saturated heterocycles. The fraction of sp³-hybridized carbons (Fsp3) is 0.250. The Bertz CT molecular complexity index is 236. The Morgan fingerprint density at radius 1 is 1.88 bits per heavy atom. The summed E-state index contributed by atoms with van der Waals surface area (Å²) in [6, 6.07) is 0. The maximum absolute atomic E-state index is 10.5. The van der Waals surface area contributed by atoms with Crippen LogP contribution >= 0.6 is 11.3 Å². The smallest absolute Gasteiger partial charge is 0.309 e. The molecule has 0 amide bonds. The number of thiazole rings is 1. The number of hydrogen-bond donors (Lipinski definition) is 1. The maximum Gasteiger partial charge on any atom is 0.309 e. The van der Waals surface area contributed by atoms with E-state index in [4.69, 9.17) is 5.11 Å². The van der Waals surface area contributed by atoms with E-state index in [1.165, 1.54) is 17.0 Å². The lowest BCUT2D eigenvalue weighted by molar-refractivity contribution is 0.429. The molecule has 44 valence electrons. The van der Waals surface area contributed by atoms with E-state index in [0.29, 0.717) is 0 Å². The van der Waals surface area contributed by atoms with Gasteiger partial charge in [-0.05, 0) is 0 Å². The first-order chi connectivity index (χ1) is 3.72. The Morgan fingerprint density at radius 2 is 2.50 bits per heavy atom. The Labute approximate surface area is 49.8 Å². The van der Waals surface area contributed by atoms with Gasteiger partial charge in [0.2, 0.25) is 5.88 Å². The minimum absolute atomic E-state index is 0.0278. The van der Waals surface area contributed by atoms with Gasteiger partial charge in [0.05, 0.1) is 5.38 Å². The van der Waals surface area contributed by atoms with Gasteiger partial charge in [-0.15, -0.1) is 0 Å². The van der Waals surface area contributed by atoms with Crippen LogP contribution in [-0.4, -0.2) is 9.67 Å². The van der Waals surface area contributed by atoms with Crippen molar-refractivity contribution in [3.8, 4) is 5.88 Å². The number of rotatable bonds is 0. The molecule has 0 spiro atoms. The summed E-state index contributed by atoms with van der Waals surface area (Å²) in [6.07, 6.45) is 0. The Kier molecular flexibility index (Phi) is 1.09. The van der Waals surface area contributed by atoms with Gasteiger partial charge >= 0.3 is 4.87 Å². The van der Waals surface area contributed by atoms with Crippen molar-refractivity contribution < 1.29 is 5.11 Å². The van der Waals surface area contributed by atoms with E-state index >= 15 is 0 Å². The predicted molar refractivity (Wildman–Crippen MR) is 31.2 cm³/mol. The molecule has 0 bridgehead atoms. The Morgan fingerprint density at radius 3 is 2.62 bits per heavy atom. The second-order valence-electron chi connectivity index (χ2n) is 1.42. The SMILES string of the molecule is Cn1c(O)csc1=O. The van der Waals surface area contributed by atoms with Gasteiger partial charge in [-0.25, -0.2) is 0 Å². The van der Waals surface area contributed by atoms with Crippen molar-refractivity contribution in [3.63, 3.8) is 0 Å². The molecule has 1 rings (SSSR count). The summed E-state index contributed by atoms with van der Waals surface area (Å²) in [5, 5.41) is 10.1. The van der Waals surface area contributed by atoms with E-state index in [-0.39, 0.29) is 10.8 Å². The lowest BCUT2D eigenvalue weighted by Gasteiger charge is -1.85. The summed E-state index contributed by atoms with van der Waals surface area (Å²) < 4.78 is 1.19. The van der Waals surface area contributed by atoms with Crippen molar-refractivity contribution in [2.75, 3.05) is 0 Å². The number of aromatic hydroxyl groups is 1. The lowest BCUT2D eigenvalue weighted by Crippen LogP contribution is -2.05. The topological polar surface area (TPSA) is 42.2 Å².